The maximum Gasteiger partial charge on any atom is 0.170 e. The largest absolute Gasteiger partial charge is 0.497 e. The number of rotatable bonds is 4. The fraction of sp³-hybridized carbons (Fsp3) is 0.0714. The van der Waals surface area contributed by atoms with E-state index in [0.717, 1.165) is 5.75 Å². The monoisotopic (exact) mass is 258 g/mol. The average Bonchev–Trinajstić information content (AvgIpc) is 2.48. The molecule has 0 amide bonds. The maximum atomic E-state index is 8.56. The van der Waals surface area contributed by atoms with Crippen molar-refractivity contribution in [2.24, 2.45) is 10.9 Å². The molecule has 0 unspecified atom stereocenters. The Kier molecular flexibility index (Phi) is 3.87. The summed E-state index contributed by atoms with van der Waals surface area (Å²) in [5.74, 6) is 2.21. The first-order valence-electron chi connectivity index (χ1n) is 5.63. The van der Waals surface area contributed by atoms with E-state index < -0.39 is 0 Å². The fourth-order valence-corrected chi connectivity index (χ4v) is 1.53. The molecule has 5 nitrogen and oxygen atoms in total. The second kappa shape index (κ2) is 5.77. The summed E-state index contributed by atoms with van der Waals surface area (Å²) in [6.07, 6.45) is 0. The number of ether oxygens (including phenoxy) is 2. The van der Waals surface area contributed by atoms with E-state index in [1.54, 1.807) is 31.4 Å². The van der Waals surface area contributed by atoms with Crippen LogP contribution in [0.25, 0.3) is 0 Å². The van der Waals surface area contributed by atoms with Crippen molar-refractivity contribution in [1.29, 1.82) is 0 Å². The molecule has 0 atom stereocenters. The predicted molar refractivity (Wildman–Crippen MR) is 72.0 cm³/mol. The van der Waals surface area contributed by atoms with Crippen molar-refractivity contribution >= 4 is 5.84 Å². The van der Waals surface area contributed by atoms with E-state index in [4.69, 9.17) is 20.4 Å². The SMILES string of the molecule is COc1ccc(Oc2ccc(/C(N)=N/O)cc2)cc1. The van der Waals surface area contributed by atoms with Gasteiger partial charge in [-0.05, 0) is 48.5 Å². The van der Waals surface area contributed by atoms with Crippen LogP contribution < -0.4 is 15.2 Å². The molecule has 98 valence electrons. The van der Waals surface area contributed by atoms with Crippen LogP contribution in [0, 0.1) is 0 Å². The van der Waals surface area contributed by atoms with E-state index in [2.05, 4.69) is 5.16 Å². The molecule has 0 aliphatic rings. The number of nitrogens with two attached hydrogens (primary N) is 1. The summed E-state index contributed by atoms with van der Waals surface area (Å²) in [6, 6.07) is 14.2. The number of amidine groups is 1. The molecule has 19 heavy (non-hydrogen) atoms. The number of benzene rings is 2. The standard InChI is InChI=1S/C14H14N2O3/c1-18-11-6-8-13(9-7-11)19-12-4-2-10(3-5-12)14(15)16-17/h2-9,17H,1H3,(H2,15,16). The van der Waals surface area contributed by atoms with Crippen molar-refractivity contribution in [2.75, 3.05) is 7.11 Å². The minimum absolute atomic E-state index is 0.0657. The molecule has 0 bridgehead atoms. The Balaban J connectivity index is 2.10. The first kappa shape index (κ1) is 12.8. The number of oxime groups is 1. The molecule has 0 aromatic heterocycles. The summed E-state index contributed by atoms with van der Waals surface area (Å²) >= 11 is 0. The van der Waals surface area contributed by atoms with Crippen molar-refractivity contribution in [2.45, 2.75) is 0 Å². The van der Waals surface area contributed by atoms with Crippen molar-refractivity contribution in [3.8, 4) is 17.2 Å². The molecule has 0 aliphatic heterocycles. The van der Waals surface area contributed by atoms with Crippen LogP contribution in [0.15, 0.2) is 53.7 Å². The quantitative estimate of drug-likeness (QED) is 0.382. The Morgan fingerprint density at radius 3 is 1.89 bits per heavy atom. The molecule has 2 aromatic carbocycles. The molecular weight excluding hydrogens is 244 g/mol. The van der Waals surface area contributed by atoms with Gasteiger partial charge in [0.05, 0.1) is 7.11 Å². The van der Waals surface area contributed by atoms with E-state index in [-0.39, 0.29) is 5.84 Å². The van der Waals surface area contributed by atoms with Crippen LogP contribution in [0.5, 0.6) is 17.2 Å². The number of nitrogens with zero attached hydrogens (tertiary/aromatic N) is 1. The van der Waals surface area contributed by atoms with Crippen LogP contribution in [-0.4, -0.2) is 18.2 Å². The highest BCUT2D eigenvalue weighted by Gasteiger charge is 2.01. The van der Waals surface area contributed by atoms with Gasteiger partial charge in [0.15, 0.2) is 5.84 Å². The lowest BCUT2D eigenvalue weighted by Crippen LogP contribution is -2.12. The van der Waals surface area contributed by atoms with Crippen LogP contribution in [0.4, 0.5) is 0 Å². The highest BCUT2D eigenvalue weighted by atomic mass is 16.5. The van der Waals surface area contributed by atoms with Crippen molar-refractivity contribution in [1.82, 2.24) is 0 Å². The topological polar surface area (TPSA) is 77.1 Å². The second-order valence-corrected chi connectivity index (χ2v) is 3.79. The zero-order valence-corrected chi connectivity index (χ0v) is 10.4. The van der Waals surface area contributed by atoms with Gasteiger partial charge in [-0.15, -0.1) is 0 Å². The van der Waals surface area contributed by atoms with Gasteiger partial charge in [-0.25, -0.2) is 0 Å². The van der Waals surface area contributed by atoms with Gasteiger partial charge in [0, 0.05) is 5.56 Å². The van der Waals surface area contributed by atoms with E-state index >= 15 is 0 Å². The van der Waals surface area contributed by atoms with E-state index in [0.29, 0.717) is 17.1 Å². The Morgan fingerprint density at radius 2 is 1.42 bits per heavy atom. The molecule has 0 spiro atoms. The van der Waals surface area contributed by atoms with Gasteiger partial charge in [-0.1, -0.05) is 5.16 Å². The average molecular weight is 258 g/mol. The van der Waals surface area contributed by atoms with Gasteiger partial charge in [-0.2, -0.15) is 0 Å². The van der Waals surface area contributed by atoms with Gasteiger partial charge < -0.3 is 20.4 Å². The van der Waals surface area contributed by atoms with E-state index in [1.807, 2.05) is 24.3 Å². The lowest BCUT2D eigenvalue weighted by Gasteiger charge is -2.07. The van der Waals surface area contributed by atoms with Crippen LogP contribution >= 0.6 is 0 Å². The Morgan fingerprint density at radius 1 is 0.947 bits per heavy atom. The lowest BCUT2D eigenvalue weighted by molar-refractivity contribution is 0.318. The van der Waals surface area contributed by atoms with Crippen molar-refractivity contribution in [3.63, 3.8) is 0 Å². The predicted octanol–water partition coefficient (Wildman–Crippen LogP) is 2.58. The zero-order chi connectivity index (χ0) is 13.7. The summed E-state index contributed by atoms with van der Waals surface area (Å²) in [5, 5.41) is 11.5. The molecule has 2 rings (SSSR count). The molecule has 0 radical (unpaired) electrons. The summed E-state index contributed by atoms with van der Waals surface area (Å²) in [4.78, 5) is 0. The Hall–Kier alpha value is -2.69. The maximum absolute atomic E-state index is 8.56. The molecule has 0 aliphatic carbocycles. The van der Waals surface area contributed by atoms with E-state index in [9.17, 15) is 0 Å². The minimum atomic E-state index is 0.0657. The molecule has 2 aromatic rings. The van der Waals surface area contributed by atoms with Crippen LogP contribution in [0.1, 0.15) is 5.56 Å². The number of methoxy groups -OCH3 is 1. The third-order valence-electron chi connectivity index (χ3n) is 2.55. The van der Waals surface area contributed by atoms with Gasteiger partial charge >= 0.3 is 0 Å². The normalized spacial score (nSPS) is 11.1. The lowest BCUT2D eigenvalue weighted by atomic mass is 10.2. The van der Waals surface area contributed by atoms with Crippen molar-refractivity contribution < 1.29 is 14.7 Å². The first-order valence-corrected chi connectivity index (χ1v) is 5.63. The first-order chi connectivity index (χ1) is 9.22. The molecule has 5 heteroatoms. The zero-order valence-electron chi connectivity index (χ0n) is 10.4. The van der Waals surface area contributed by atoms with Gasteiger partial charge in [0.25, 0.3) is 0 Å². The van der Waals surface area contributed by atoms with Crippen LogP contribution in [-0.2, 0) is 0 Å². The summed E-state index contributed by atoms with van der Waals surface area (Å²) < 4.78 is 10.7. The third-order valence-corrected chi connectivity index (χ3v) is 2.55. The Labute approximate surface area is 110 Å². The van der Waals surface area contributed by atoms with Crippen LogP contribution in [0.3, 0.4) is 0 Å². The Bertz CT molecular complexity index is 562. The summed E-state index contributed by atoms with van der Waals surface area (Å²) in [7, 11) is 1.61. The smallest absolute Gasteiger partial charge is 0.170 e. The van der Waals surface area contributed by atoms with Crippen LogP contribution in [0.2, 0.25) is 0 Å². The van der Waals surface area contributed by atoms with E-state index in [1.165, 1.54) is 0 Å². The highest BCUT2D eigenvalue weighted by molar-refractivity contribution is 5.97. The molecular formula is C14H14N2O3. The molecule has 0 saturated carbocycles. The number of hydrogen-bond donors (Lipinski definition) is 2. The van der Waals surface area contributed by atoms with Gasteiger partial charge in [0.1, 0.15) is 17.2 Å². The second-order valence-electron chi connectivity index (χ2n) is 3.79. The fourth-order valence-electron chi connectivity index (χ4n) is 1.53. The molecule has 0 heterocycles. The highest BCUT2D eigenvalue weighted by Crippen LogP contribution is 2.23. The van der Waals surface area contributed by atoms with Crippen molar-refractivity contribution in [3.05, 3.63) is 54.1 Å². The molecule has 0 saturated heterocycles. The number of hydrogen-bond acceptors (Lipinski definition) is 4. The van der Waals surface area contributed by atoms with Gasteiger partial charge in [-0.3, -0.25) is 0 Å². The molecule has 3 N–H and O–H groups in total. The molecule has 0 fully saturated rings. The summed E-state index contributed by atoms with van der Waals surface area (Å²) in [6.45, 7) is 0. The van der Waals surface area contributed by atoms with Gasteiger partial charge in [0.2, 0.25) is 0 Å². The third kappa shape index (κ3) is 3.16. The summed E-state index contributed by atoms with van der Waals surface area (Å²) in [5.41, 5.74) is 6.10. The minimum Gasteiger partial charge on any atom is -0.497 e.